The number of sulfonamides is 1. The average Bonchev–Trinajstić information content (AvgIpc) is 3.25. The van der Waals surface area contributed by atoms with Crippen LogP contribution >= 0.6 is 0 Å². The van der Waals surface area contributed by atoms with Gasteiger partial charge in [-0.2, -0.15) is 0 Å². The fraction of sp³-hybridized carbons (Fsp3) is 0.0476. The van der Waals surface area contributed by atoms with Crippen LogP contribution in [0.5, 0.6) is 0 Å². The first-order valence-electron chi connectivity index (χ1n) is 9.17. The zero-order valence-corrected chi connectivity index (χ0v) is 17.1. The maximum absolute atomic E-state index is 12.5. The summed E-state index contributed by atoms with van der Waals surface area (Å²) >= 11 is 0. The lowest BCUT2D eigenvalue weighted by Crippen LogP contribution is -2.16. The molecule has 0 aliphatic rings. The number of anilines is 2. The highest BCUT2D eigenvalue weighted by molar-refractivity contribution is 7.92. The molecule has 156 valence electrons. The summed E-state index contributed by atoms with van der Waals surface area (Å²) < 4.78 is 32.6. The monoisotopic (exact) mass is 435 g/mol. The Hall–Kier alpha value is -4.05. The molecule has 2 aromatic heterocycles. The number of carbonyl (C=O) groups excluding carboxylic acids is 1. The Morgan fingerprint density at radius 3 is 2.45 bits per heavy atom. The highest BCUT2D eigenvalue weighted by Crippen LogP contribution is 2.21. The first-order chi connectivity index (χ1) is 14.9. The van der Waals surface area contributed by atoms with Crippen molar-refractivity contribution in [2.45, 2.75) is 11.8 Å². The molecule has 4 rings (SSSR count). The number of amides is 1. The molecule has 0 saturated heterocycles. The van der Waals surface area contributed by atoms with E-state index in [1.807, 2.05) is 30.3 Å². The number of nitrogens with one attached hydrogen (secondary N) is 2. The molecule has 0 atom stereocenters. The molecule has 0 spiro atoms. The molecule has 0 radical (unpaired) electrons. The minimum absolute atomic E-state index is 0.00315. The smallest absolute Gasteiger partial charge is 0.277 e. The second kappa shape index (κ2) is 8.36. The van der Waals surface area contributed by atoms with Crippen LogP contribution < -0.4 is 10.0 Å². The van der Waals surface area contributed by atoms with Crippen molar-refractivity contribution < 1.29 is 17.7 Å². The zero-order chi connectivity index (χ0) is 21.8. The molecular formula is C21H17N5O4S. The van der Waals surface area contributed by atoms with Crippen LogP contribution in [0.4, 0.5) is 11.6 Å². The van der Waals surface area contributed by atoms with Gasteiger partial charge in [-0.1, -0.05) is 35.5 Å². The van der Waals surface area contributed by atoms with Crippen molar-refractivity contribution in [1.29, 1.82) is 0 Å². The van der Waals surface area contributed by atoms with Crippen LogP contribution in [0.25, 0.3) is 11.3 Å². The summed E-state index contributed by atoms with van der Waals surface area (Å²) in [5.41, 5.74) is 1.94. The van der Waals surface area contributed by atoms with E-state index in [2.05, 4.69) is 25.2 Å². The summed E-state index contributed by atoms with van der Waals surface area (Å²) in [7, 11) is -3.87. The van der Waals surface area contributed by atoms with Gasteiger partial charge in [0.25, 0.3) is 15.9 Å². The predicted molar refractivity (Wildman–Crippen MR) is 114 cm³/mol. The first kappa shape index (κ1) is 20.2. The quantitative estimate of drug-likeness (QED) is 0.474. The molecule has 4 aromatic rings. The summed E-state index contributed by atoms with van der Waals surface area (Å²) in [5.74, 6) is -0.0258. The molecule has 0 fully saturated rings. The van der Waals surface area contributed by atoms with Gasteiger partial charge in [0, 0.05) is 29.2 Å². The Morgan fingerprint density at radius 1 is 1.00 bits per heavy atom. The fourth-order valence-corrected chi connectivity index (χ4v) is 3.66. The van der Waals surface area contributed by atoms with Crippen LogP contribution in [0.15, 0.2) is 82.3 Å². The number of benzene rings is 2. The lowest BCUT2D eigenvalue weighted by molar-refractivity contribution is 0.101. The molecule has 31 heavy (non-hydrogen) atoms. The van der Waals surface area contributed by atoms with Crippen LogP contribution in [-0.4, -0.2) is 29.4 Å². The van der Waals surface area contributed by atoms with Crippen LogP contribution in [0, 0.1) is 6.92 Å². The molecule has 0 aliphatic carbocycles. The number of aromatic nitrogens is 3. The van der Waals surface area contributed by atoms with Gasteiger partial charge in [0.2, 0.25) is 5.95 Å². The lowest BCUT2D eigenvalue weighted by atomic mass is 10.1. The van der Waals surface area contributed by atoms with Gasteiger partial charge >= 0.3 is 0 Å². The van der Waals surface area contributed by atoms with Crippen LogP contribution in [0.1, 0.15) is 16.2 Å². The Morgan fingerprint density at radius 2 is 1.74 bits per heavy atom. The Kier molecular flexibility index (Phi) is 5.46. The number of rotatable bonds is 6. The zero-order valence-electron chi connectivity index (χ0n) is 16.3. The lowest BCUT2D eigenvalue weighted by Gasteiger charge is -2.08. The van der Waals surface area contributed by atoms with Crippen LogP contribution in [-0.2, 0) is 10.0 Å². The fourth-order valence-electron chi connectivity index (χ4n) is 2.71. The molecule has 2 heterocycles. The number of aryl methyl sites for hydroxylation is 1. The molecule has 2 N–H and O–H groups in total. The minimum Gasteiger partial charge on any atom is -0.355 e. The largest absolute Gasteiger partial charge is 0.355 e. The summed E-state index contributed by atoms with van der Waals surface area (Å²) in [6.07, 6.45) is 1.46. The third-order valence-corrected chi connectivity index (χ3v) is 5.59. The predicted octanol–water partition coefficient (Wildman–Crippen LogP) is 3.49. The van der Waals surface area contributed by atoms with E-state index >= 15 is 0 Å². The minimum atomic E-state index is -3.87. The SMILES string of the molecule is Cc1ccnc(NS(=O)(=O)c2ccc(NC(=O)c3cc(-c4ccccc4)on3)cc2)n1. The maximum atomic E-state index is 12.5. The number of hydrogen-bond acceptors (Lipinski definition) is 7. The molecule has 0 bridgehead atoms. The van der Waals surface area contributed by atoms with Crippen molar-refractivity contribution in [3.63, 3.8) is 0 Å². The Balaban J connectivity index is 1.45. The van der Waals surface area contributed by atoms with E-state index < -0.39 is 15.9 Å². The molecule has 0 saturated carbocycles. The van der Waals surface area contributed by atoms with Crippen molar-refractivity contribution >= 4 is 27.6 Å². The molecule has 1 amide bonds. The summed E-state index contributed by atoms with van der Waals surface area (Å²) in [5, 5.41) is 6.45. The van der Waals surface area contributed by atoms with Crippen LogP contribution in [0.2, 0.25) is 0 Å². The van der Waals surface area contributed by atoms with Crippen molar-refractivity contribution in [1.82, 2.24) is 15.1 Å². The second-order valence-electron chi connectivity index (χ2n) is 6.55. The van der Waals surface area contributed by atoms with E-state index in [0.29, 0.717) is 17.1 Å². The molecule has 0 unspecified atom stereocenters. The highest BCUT2D eigenvalue weighted by Gasteiger charge is 2.17. The summed E-state index contributed by atoms with van der Waals surface area (Å²) in [4.78, 5) is 20.4. The maximum Gasteiger partial charge on any atom is 0.277 e. The second-order valence-corrected chi connectivity index (χ2v) is 8.23. The molecule has 9 nitrogen and oxygen atoms in total. The average molecular weight is 435 g/mol. The van der Waals surface area contributed by atoms with Crippen LogP contribution in [0.3, 0.4) is 0 Å². The normalized spacial score (nSPS) is 11.1. The van der Waals surface area contributed by atoms with E-state index in [-0.39, 0.29) is 16.5 Å². The van der Waals surface area contributed by atoms with Crippen molar-refractivity contribution in [2.24, 2.45) is 0 Å². The van der Waals surface area contributed by atoms with E-state index in [9.17, 15) is 13.2 Å². The number of hydrogen-bond donors (Lipinski definition) is 2. The highest BCUT2D eigenvalue weighted by atomic mass is 32.2. The third-order valence-electron chi connectivity index (χ3n) is 4.24. The van der Waals surface area contributed by atoms with Gasteiger partial charge in [0.1, 0.15) is 0 Å². The van der Waals surface area contributed by atoms with Gasteiger partial charge in [0.05, 0.1) is 4.90 Å². The topological polar surface area (TPSA) is 127 Å². The molecular weight excluding hydrogens is 418 g/mol. The third kappa shape index (κ3) is 4.75. The number of carbonyl (C=O) groups is 1. The first-order valence-corrected chi connectivity index (χ1v) is 10.6. The van der Waals surface area contributed by atoms with Crippen molar-refractivity contribution in [3.05, 3.63) is 84.3 Å². The van der Waals surface area contributed by atoms with E-state index in [0.717, 1.165) is 5.56 Å². The molecule has 10 heteroatoms. The van der Waals surface area contributed by atoms with Crippen molar-refractivity contribution in [3.8, 4) is 11.3 Å². The Bertz CT molecular complexity index is 1320. The standard InChI is InChI=1S/C21H17N5O4S/c1-14-11-12-22-21(23-14)26-31(28,29)17-9-7-16(8-10-17)24-20(27)18-13-19(30-25-18)15-5-3-2-4-6-15/h2-13H,1H3,(H,24,27)(H,22,23,26). The Labute approximate surface area is 178 Å². The van der Waals surface area contributed by atoms with Gasteiger partial charge in [-0.3, -0.25) is 4.79 Å². The van der Waals surface area contributed by atoms with Gasteiger partial charge < -0.3 is 9.84 Å². The number of nitrogens with zero attached hydrogens (tertiary/aromatic N) is 3. The van der Waals surface area contributed by atoms with Gasteiger partial charge in [-0.15, -0.1) is 0 Å². The molecule has 2 aromatic carbocycles. The van der Waals surface area contributed by atoms with Crippen molar-refractivity contribution in [2.75, 3.05) is 10.0 Å². The molecule has 0 aliphatic heterocycles. The summed E-state index contributed by atoms with van der Waals surface area (Å²) in [6.45, 7) is 1.73. The van der Waals surface area contributed by atoms with Gasteiger partial charge in [0.15, 0.2) is 11.5 Å². The van der Waals surface area contributed by atoms with Gasteiger partial charge in [-0.25, -0.2) is 23.1 Å². The van der Waals surface area contributed by atoms with E-state index in [4.69, 9.17) is 4.52 Å². The summed E-state index contributed by atoms with van der Waals surface area (Å²) in [6, 6.07) is 18.2. The van der Waals surface area contributed by atoms with E-state index in [1.165, 1.54) is 36.5 Å². The van der Waals surface area contributed by atoms with Gasteiger partial charge in [-0.05, 0) is 37.3 Å². The van der Waals surface area contributed by atoms with E-state index in [1.54, 1.807) is 13.0 Å².